The van der Waals surface area contributed by atoms with Crippen LogP contribution in [0.15, 0.2) is 21.2 Å². The van der Waals surface area contributed by atoms with Crippen LogP contribution in [0.4, 0.5) is 0 Å². The molecule has 0 aromatic carbocycles. The van der Waals surface area contributed by atoms with Gasteiger partial charge in [0.05, 0.1) is 0 Å². The summed E-state index contributed by atoms with van der Waals surface area (Å²) in [4.78, 5) is 14.8. The van der Waals surface area contributed by atoms with Crippen molar-refractivity contribution in [2.24, 2.45) is 0 Å². The van der Waals surface area contributed by atoms with E-state index in [1.165, 1.54) is 6.92 Å². The fourth-order valence-electron chi connectivity index (χ4n) is 0.674. The Hall–Kier alpha value is -0.220. The summed E-state index contributed by atoms with van der Waals surface area (Å²) in [7, 11) is 0. The number of hydrogen-bond acceptors (Lipinski definition) is 2. The molecule has 4 heteroatoms. The predicted molar refractivity (Wildman–Crippen MR) is 49.6 cm³/mol. The summed E-state index contributed by atoms with van der Waals surface area (Å²) in [5.41, 5.74) is 0.466. The first-order valence-corrected chi connectivity index (χ1v) is 4.52. The van der Waals surface area contributed by atoms with Crippen LogP contribution in [0, 0.1) is 0 Å². The van der Waals surface area contributed by atoms with Gasteiger partial charge in [-0.1, -0.05) is 0 Å². The molecule has 0 bridgehead atoms. The van der Waals surface area contributed by atoms with Crippen molar-refractivity contribution in [3.63, 3.8) is 0 Å². The molecule has 0 fully saturated rings. The van der Waals surface area contributed by atoms with Gasteiger partial charge in [-0.05, 0) is 37.9 Å². The maximum absolute atomic E-state index is 10.9. The van der Waals surface area contributed by atoms with Crippen LogP contribution in [0.25, 0.3) is 0 Å². The lowest BCUT2D eigenvalue weighted by molar-refractivity contribution is 0.101. The van der Waals surface area contributed by atoms with Gasteiger partial charge in [0, 0.05) is 22.1 Å². The van der Waals surface area contributed by atoms with Crippen LogP contribution in [-0.2, 0) is 0 Å². The van der Waals surface area contributed by atoms with Crippen molar-refractivity contribution < 1.29 is 4.79 Å². The first kappa shape index (κ1) is 8.87. The number of hydrogen-bond donors (Lipinski definition) is 0. The van der Waals surface area contributed by atoms with Crippen molar-refractivity contribution in [1.82, 2.24) is 4.98 Å². The predicted octanol–water partition coefficient (Wildman–Crippen LogP) is 2.81. The number of pyridine rings is 1. The molecule has 0 N–H and O–H groups in total. The number of ketones is 1. The second-order valence-electron chi connectivity index (χ2n) is 2.04. The molecule has 0 saturated heterocycles. The van der Waals surface area contributed by atoms with E-state index in [-0.39, 0.29) is 5.78 Å². The maximum Gasteiger partial charge on any atom is 0.179 e. The standard InChI is InChI=1S/C7H5Br2NO/c1-4(11)7-6(9)2-5(8)3-10-7/h2-3H,1H3. The maximum atomic E-state index is 10.9. The van der Waals surface area contributed by atoms with Crippen molar-refractivity contribution in [2.45, 2.75) is 6.92 Å². The zero-order valence-corrected chi connectivity index (χ0v) is 8.94. The van der Waals surface area contributed by atoms with Crippen LogP contribution in [0.1, 0.15) is 17.4 Å². The summed E-state index contributed by atoms with van der Waals surface area (Å²) < 4.78 is 1.58. The average molecular weight is 279 g/mol. The molecular formula is C7H5Br2NO. The Morgan fingerprint density at radius 3 is 2.64 bits per heavy atom. The fourth-order valence-corrected chi connectivity index (χ4v) is 1.94. The van der Waals surface area contributed by atoms with Crippen LogP contribution >= 0.6 is 31.9 Å². The average Bonchev–Trinajstić information content (AvgIpc) is 1.85. The highest BCUT2D eigenvalue weighted by Gasteiger charge is 2.05. The van der Waals surface area contributed by atoms with Gasteiger partial charge in [-0.25, -0.2) is 0 Å². The molecule has 0 saturated carbocycles. The third-order valence-corrected chi connectivity index (χ3v) is 2.18. The number of halogens is 2. The topological polar surface area (TPSA) is 30.0 Å². The van der Waals surface area contributed by atoms with Crippen molar-refractivity contribution >= 4 is 37.6 Å². The van der Waals surface area contributed by atoms with Crippen LogP contribution in [-0.4, -0.2) is 10.8 Å². The number of aromatic nitrogens is 1. The van der Waals surface area contributed by atoms with Gasteiger partial charge in [0.15, 0.2) is 5.78 Å². The highest BCUT2D eigenvalue weighted by molar-refractivity contribution is 9.11. The van der Waals surface area contributed by atoms with E-state index in [1.54, 1.807) is 12.3 Å². The number of nitrogens with zero attached hydrogens (tertiary/aromatic N) is 1. The van der Waals surface area contributed by atoms with E-state index in [9.17, 15) is 4.79 Å². The Kier molecular flexibility index (Phi) is 2.78. The molecule has 2 nitrogen and oxygen atoms in total. The van der Waals surface area contributed by atoms with E-state index in [1.807, 2.05) is 0 Å². The largest absolute Gasteiger partial charge is 0.293 e. The van der Waals surface area contributed by atoms with E-state index >= 15 is 0 Å². The van der Waals surface area contributed by atoms with Crippen LogP contribution in [0.5, 0.6) is 0 Å². The minimum Gasteiger partial charge on any atom is -0.293 e. The lowest BCUT2D eigenvalue weighted by Gasteiger charge is -1.97. The van der Waals surface area contributed by atoms with Crippen molar-refractivity contribution in [3.8, 4) is 0 Å². The van der Waals surface area contributed by atoms with Gasteiger partial charge >= 0.3 is 0 Å². The van der Waals surface area contributed by atoms with Crippen molar-refractivity contribution in [2.75, 3.05) is 0 Å². The minimum atomic E-state index is -0.0376. The number of carbonyl (C=O) groups is 1. The monoisotopic (exact) mass is 277 g/mol. The Balaban J connectivity index is 3.20. The van der Waals surface area contributed by atoms with Gasteiger partial charge in [-0.3, -0.25) is 9.78 Å². The smallest absolute Gasteiger partial charge is 0.179 e. The molecule has 0 aliphatic heterocycles. The highest BCUT2D eigenvalue weighted by atomic mass is 79.9. The minimum absolute atomic E-state index is 0.0376. The quantitative estimate of drug-likeness (QED) is 0.740. The van der Waals surface area contributed by atoms with Gasteiger partial charge in [-0.15, -0.1) is 0 Å². The zero-order chi connectivity index (χ0) is 8.43. The zero-order valence-electron chi connectivity index (χ0n) is 5.77. The molecule has 0 radical (unpaired) electrons. The molecule has 0 amide bonds. The van der Waals surface area contributed by atoms with Crippen molar-refractivity contribution in [1.29, 1.82) is 0 Å². The molecule has 1 aromatic heterocycles. The van der Waals surface area contributed by atoms with Gasteiger partial charge in [0.2, 0.25) is 0 Å². The lowest BCUT2D eigenvalue weighted by Crippen LogP contribution is -1.97. The third kappa shape index (κ3) is 2.10. The Morgan fingerprint density at radius 2 is 2.18 bits per heavy atom. The lowest BCUT2D eigenvalue weighted by atomic mass is 10.3. The molecule has 1 heterocycles. The third-order valence-electron chi connectivity index (χ3n) is 1.14. The summed E-state index contributed by atoms with van der Waals surface area (Å²) >= 11 is 6.48. The van der Waals surface area contributed by atoms with Crippen LogP contribution in [0.3, 0.4) is 0 Å². The second-order valence-corrected chi connectivity index (χ2v) is 3.81. The van der Waals surface area contributed by atoms with E-state index in [0.29, 0.717) is 5.69 Å². The molecule has 58 valence electrons. The molecule has 1 aromatic rings. The van der Waals surface area contributed by atoms with E-state index < -0.39 is 0 Å². The summed E-state index contributed by atoms with van der Waals surface area (Å²) in [6, 6.07) is 1.80. The molecule has 11 heavy (non-hydrogen) atoms. The Bertz CT molecular complexity index is 298. The SMILES string of the molecule is CC(=O)c1ncc(Br)cc1Br. The summed E-state index contributed by atoms with van der Waals surface area (Å²) in [6.45, 7) is 1.49. The van der Waals surface area contributed by atoms with Crippen LogP contribution < -0.4 is 0 Å². The number of rotatable bonds is 1. The normalized spacial score (nSPS) is 9.73. The summed E-state index contributed by atoms with van der Waals surface area (Å²) in [5.74, 6) is -0.0376. The van der Waals surface area contributed by atoms with Gasteiger partial charge in [-0.2, -0.15) is 0 Å². The van der Waals surface area contributed by atoms with E-state index in [4.69, 9.17) is 0 Å². The summed E-state index contributed by atoms with van der Waals surface area (Å²) in [6.07, 6.45) is 1.60. The Labute approximate surface area is 81.3 Å². The summed E-state index contributed by atoms with van der Waals surface area (Å²) in [5, 5.41) is 0. The molecule has 0 spiro atoms. The fraction of sp³-hybridized carbons (Fsp3) is 0.143. The second kappa shape index (κ2) is 3.45. The van der Waals surface area contributed by atoms with E-state index in [2.05, 4.69) is 36.8 Å². The number of carbonyl (C=O) groups excluding carboxylic acids is 1. The molecule has 0 atom stereocenters. The van der Waals surface area contributed by atoms with Gasteiger partial charge in [0.25, 0.3) is 0 Å². The Morgan fingerprint density at radius 1 is 1.55 bits per heavy atom. The molecule has 1 rings (SSSR count). The molecule has 0 unspecified atom stereocenters. The molecule has 0 aliphatic carbocycles. The number of Topliss-reactive ketones (excluding diaryl/α,β-unsaturated/α-hetero) is 1. The molecule has 0 aliphatic rings. The first-order valence-electron chi connectivity index (χ1n) is 2.93. The highest BCUT2D eigenvalue weighted by Crippen LogP contribution is 2.19. The van der Waals surface area contributed by atoms with Crippen molar-refractivity contribution in [3.05, 3.63) is 26.9 Å². The van der Waals surface area contributed by atoms with Gasteiger partial charge < -0.3 is 0 Å². The van der Waals surface area contributed by atoms with Crippen LogP contribution in [0.2, 0.25) is 0 Å². The first-order chi connectivity index (χ1) is 5.11. The van der Waals surface area contributed by atoms with E-state index in [0.717, 1.165) is 8.95 Å². The molecular weight excluding hydrogens is 274 g/mol. The van der Waals surface area contributed by atoms with Gasteiger partial charge in [0.1, 0.15) is 5.69 Å².